The number of halogens is 2. The molecule has 9 heteroatoms. The maximum absolute atomic E-state index is 12.5. The maximum Gasteiger partial charge on any atom is 0.387 e. The van der Waals surface area contributed by atoms with E-state index in [1.54, 1.807) is 18.3 Å². The molecule has 0 amide bonds. The molecular formula is C22H18F2N4O2S. The molecule has 0 spiro atoms. The highest BCUT2D eigenvalue weighted by Crippen LogP contribution is 2.29. The van der Waals surface area contributed by atoms with Crippen LogP contribution in [0, 0.1) is 4.77 Å². The van der Waals surface area contributed by atoms with Gasteiger partial charge in [-0.1, -0.05) is 42.5 Å². The Bertz CT molecular complexity index is 1290. The number of H-pyrrole nitrogens is 1. The van der Waals surface area contributed by atoms with Crippen LogP contribution in [-0.2, 0) is 6.42 Å². The molecular weight excluding hydrogens is 422 g/mol. The predicted octanol–water partition coefficient (Wildman–Crippen LogP) is 5.18. The molecule has 0 aliphatic heterocycles. The van der Waals surface area contributed by atoms with Crippen molar-refractivity contribution in [2.45, 2.75) is 13.0 Å². The van der Waals surface area contributed by atoms with E-state index in [0.717, 1.165) is 16.3 Å². The smallest absolute Gasteiger partial charge is 0.387 e. The Morgan fingerprint density at radius 1 is 1.13 bits per heavy atom. The number of benzene rings is 3. The Labute approximate surface area is 181 Å². The molecule has 1 N–H and O–H groups in total. The van der Waals surface area contributed by atoms with Gasteiger partial charge in [0, 0.05) is 6.42 Å². The number of hydrogen-bond donors (Lipinski definition) is 1. The van der Waals surface area contributed by atoms with Crippen LogP contribution in [0.5, 0.6) is 11.5 Å². The number of aromatic nitrogens is 3. The van der Waals surface area contributed by atoms with E-state index in [1.807, 2.05) is 24.3 Å². The Morgan fingerprint density at radius 2 is 1.94 bits per heavy atom. The first-order chi connectivity index (χ1) is 15.0. The molecule has 0 fully saturated rings. The van der Waals surface area contributed by atoms with Crippen molar-refractivity contribution in [1.82, 2.24) is 14.9 Å². The van der Waals surface area contributed by atoms with Gasteiger partial charge in [0.1, 0.15) is 0 Å². The van der Waals surface area contributed by atoms with E-state index in [-0.39, 0.29) is 11.5 Å². The number of ether oxygens (including phenoxy) is 2. The Balaban J connectivity index is 1.63. The summed E-state index contributed by atoms with van der Waals surface area (Å²) in [6.45, 7) is -2.94. The summed E-state index contributed by atoms with van der Waals surface area (Å²) < 4.78 is 36.5. The van der Waals surface area contributed by atoms with E-state index in [4.69, 9.17) is 17.0 Å². The summed E-state index contributed by atoms with van der Waals surface area (Å²) in [6, 6.07) is 18.8. The van der Waals surface area contributed by atoms with E-state index >= 15 is 0 Å². The minimum atomic E-state index is -2.94. The Hall–Kier alpha value is -3.59. The van der Waals surface area contributed by atoms with Crippen molar-refractivity contribution < 1.29 is 18.3 Å². The zero-order chi connectivity index (χ0) is 21.8. The summed E-state index contributed by atoms with van der Waals surface area (Å²) in [7, 11) is 1.38. The third-order valence-electron chi connectivity index (χ3n) is 4.67. The first kappa shape index (κ1) is 20.7. The zero-order valence-electron chi connectivity index (χ0n) is 16.5. The number of aromatic amines is 1. The number of alkyl halides is 2. The fraction of sp³-hybridized carbons (Fsp3) is 0.136. The van der Waals surface area contributed by atoms with Gasteiger partial charge in [0.2, 0.25) is 4.77 Å². The molecule has 1 heterocycles. The Kier molecular flexibility index (Phi) is 6.03. The summed E-state index contributed by atoms with van der Waals surface area (Å²) in [5.41, 5.74) is 1.72. The van der Waals surface area contributed by atoms with Gasteiger partial charge in [-0.2, -0.15) is 23.7 Å². The zero-order valence-corrected chi connectivity index (χ0v) is 17.3. The fourth-order valence-electron chi connectivity index (χ4n) is 3.26. The van der Waals surface area contributed by atoms with Gasteiger partial charge >= 0.3 is 6.61 Å². The molecule has 0 aliphatic carbocycles. The van der Waals surface area contributed by atoms with Crippen molar-refractivity contribution in [3.8, 4) is 11.5 Å². The number of nitrogens with one attached hydrogen (secondary N) is 1. The molecule has 31 heavy (non-hydrogen) atoms. The summed E-state index contributed by atoms with van der Waals surface area (Å²) in [4.78, 5) is 0. The van der Waals surface area contributed by atoms with Gasteiger partial charge in [-0.05, 0) is 52.3 Å². The van der Waals surface area contributed by atoms with Gasteiger partial charge in [-0.25, -0.2) is 0 Å². The van der Waals surface area contributed by atoms with Crippen LogP contribution in [0.4, 0.5) is 8.78 Å². The van der Waals surface area contributed by atoms with E-state index < -0.39 is 6.61 Å². The van der Waals surface area contributed by atoms with Gasteiger partial charge < -0.3 is 9.47 Å². The van der Waals surface area contributed by atoms with Gasteiger partial charge in [-0.3, -0.25) is 5.10 Å². The van der Waals surface area contributed by atoms with Crippen LogP contribution in [0.25, 0.3) is 10.8 Å². The lowest BCUT2D eigenvalue weighted by Gasteiger charge is -2.10. The summed E-state index contributed by atoms with van der Waals surface area (Å²) in [6.07, 6.45) is 2.07. The number of nitrogens with zero attached hydrogens (tertiary/aromatic N) is 3. The normalized spacial score (nSPS) is 11.5. The van der Waals surface area contributed by atoms with Gasteiger partial charge in [0.25, 0.3) is 0 Å². The van der Waals surface area contributed by atoms with Crippen LogP contribution >= 0.6 is 12.2 Å². The molecule has 0 unspecified atom stereocenters. The first-order valence-electron chi connectivity index (χ1n) is 9.35. The van der Waals surface area contributed by atoms with Crippen molar-refractivity contribution in [3.05, 3.63) is 82.4 Å². The Morgan fingerprint density at radius 3 is 2.74 bits per heavy atom. The number of methoxy groups -OCH3 is 1. The average Bonchev–Trinajstić information content (AvgIpc) is 3.12. The quantitative estimate of drug-likeness (QED) is 0.318. The highest BCUT2D eigenvalue weighted by Gasteiger charge is 2.12. The van der Waals surface area contributed by atoms with E-state index in [9.17, 15) is 8.78 Å². The minimum absolute atomic E-state index is 0.0498. The van der Waals surface area contributed by atoms with Gasteiger partial charge in [-0.15, -0.1) is 0 Å². The summed E-state index contributed by atoms with van der Waals surface area (Å²) >= 11 is 5.32. The van der Waals surface area contributed by atoms with Crippen molar-refractivity contribution in [3.63, 3.8) is 0 Å². The third kappa shape index (κ3) is 4.61. The van der Waals surface area contributed by atoms with Crippen LogP contribution in [0.15, 0.2) is 65.8 Å². The molecule has 4 aromatic rings. The molecule has 0 atom stereocenters. The van der Waals surface area contributed by atoms with Crippen LogP contribution < -0.4 is 9.47 Å². The lowest BCUT2D eigenvalue weighted by Crippen LogP contribution is -2.04. The third-order valence-corrected chi connectivity index (χ3v) is 4.94. The number of fused-ring (bicyclic) bond motifs is 1. The molecule has 158 valence electrons. The molecule has 1 aromatic heterocycles. The predicted molar refractivity (Wildman–Crippen MR) is 117 cm³/mol. The van der Waals surface area contributed by atoms with Crippen molar-refractivity contribution in [2.24, 2.45) is 5.10 Å². The molecule has 0 bridgehead atoms. The molecule has 6 nitrogen and oxygen atoms in total. The molecule has 4 rings (SSSR count). The second-order valence-electron chi connectivity index (χ2n) is 6.61. The van der Waals surface area contributed by atoms with Crippen molar-refractivity contribution in [1.29, 1.82) is 0 Å². The minimum Gasteiger partial charge on any atom is -0.493 e. The molecule has 0 saturated carbocycles. The van der Waals surface area contributed by atoms with Gasteiger partial charge in [0.15, 0.2) is 17.3 Å². The van der Waals surface area contributed by atoms with E-state index in [0.29, 0.717) is 22.6 Å². The molecule has 0 saturated heterocycles. The van der Waals surface area contributed by atoms with Crippen molar-refractivity contribution in [2.75, 3.05) is 7.11 Å². The van der Waals surface area contributed by atoms with Crippen LogP contribution in [0.1, 0.15) is 17.0 Å². The van der Waals surface area contributed by atoms with Crippen molar-refractivity contribution >= 4 is 29.2 Å². The highest BCUT2D eigenvalue weighted by molar-refractivity contribution is 7.71. The second-order valence-corrected chi connectivity index (χ2v) is 6.99. The molecule has 0 radical (unpaired) electrons. The number of rotatable bonds is 7. The van der Waals surface area contributed by atoms with Crippen LogP contribution in [0.3, 0.4) is 0 Å². The van der Waals surface area contributed by atoms with Crippen LogP contribution in [-0.4, -0.2) is 34.8 Å². The van der Waals surface area contributed by atoms with Crippen LogP contribution in [0.2, 0.25) is 0 Å². The summed E-state index contributed by atoms with van der Waals surface area (Å²) in [5, 5.41) is 13.8. The largest absolute Gasteiger partial charge is 0.493 e. The SMILES string of the molecule is COc1cc(/C=N/n2c(Cc3cccc4ccccc34)n[nH]c2=S)ccc1OC(F)F. The number of hydrogen-bond acceptors (Lipinski definition) is 5. The standard InChI is InChI=1S/C22H18F2N4O2S/c1-29-19-11-14(9-10-18(19)30-21(23)24)13-25-28-20(26-27-22(28)31)12-16-7-4-6-15-5-2-3-8-17(15)16/h2-11,13,21H,12H2,1H3,(H,27,31)/b25-13+. The highest BCUT2D eigenvalue weighted by atomic mass is 32.1. The second kappa shape index (κ2) is 9.05. The van der Waals surface area contributed by atoms with Gasteiger partial charge in [0.05, 0.1) is 13.3 Å². The average molecular weight is 440 g/mol. The first-order valence-corrected chi connectivity index (χ1v) is 9.76. The lowest BCUT2D eigenvalue weighted by atomic mass is 10.0. The molecule has 0 aliphatic rings. The van der Waals surface area contributed by atoms with E-state index in [2.05, 4.69) is 38.2 Å². The monoisotopic (exact) mass is 440 g/mol. The molecule has 3 aromatic carbocycles. The maximum atomic E-state index is 12.5. The van der Waals surface area contributed by atoms with E-state index in [1.165, 1.54) is 17.9 Å². The summed E-state index contributed by atoms with van der Waals surface area (Å²) in [5.74, 6) is 0.768. The lowest BCUT2D eigenvalue weighted by molar-refractivity contribution is -0.0512. The topological polar surface area (TPSA) is 64.4 Å². The fourth-order valence-corrected chi connectivity index (χ4v) is 3.46.